The van der Waals surface area contributed by atoms with E-state index in [1.165, 1.54) is 20.8 Å². The maximum Gasteiger partial charge on any atom is 0.473 e. The van der Waals surface area contributed by atoms with Gasteiger partial charge in [-0.3, -0.25) is 47.3 Å². The highest BCUT2D eigenvalue weighted by molar-refractivity contribution is 8.00. The lowest BCUT2D eigenvalue weighted by Crippen LogP contribution is -2.37. The Balaban J connectivity index is 1.86. The van der Waals surface area contributed by atoms with E-state index < -0.39 is 108 Å². The van der Waals surface area contributed by atoms with Gasteiger partial charge in [0.25, 0.3) is 10.1 Å². The number of nitro benzene ring substituents is 1. The van der Waals surface area contributed by atoms with Crippen LogP contribution < -0.4 is 4.74 Å². The highest BCUT2D eigenvalue weighted by Gasteiger charge is 2.41. The van der Waals surface area contributed by atoms with Crippen LogP contribution in [0, 0.1) is 10.1 Å². The lowest BCUT2D eigenvalue weighted by atomic mass is 10.2. The number of phosphoric ester groups is 2. The molecule has 1 aromatic rings. The number of nitrogens with zero attached hydrogens (tertiary/aromatic N) is 2. The molecule has 236 valence electrons. The first-order chi connectivity index (χ1) is 19.1. The SMILES string of the molecule is CC(C)(C)OP(=O)(O)OCCOP(=O)(O)OCSC1CC(=O)N(CC(=O)Oc2ccc(S(=O)(=O)O)cc2[N+](=O)[O-])C1=O. The number of benzene rings is 1. The number of thioether (sulfide) groups is 1. The molecule has 1 heterocycles. The highest BCUT2D eigenvalue weighted by Crippen LogP contribution is 2.48. The molecule has 1 fully saturated rings. The third-order valence-corrected chi connectivity index (χ3v) is 8.91. The summed E-state index contributed by atoms with van der Waals surface area (Å²) < 4.78 is 78.7. The van der Waals surface area contributed by atoms with Gasteiger partial charge in [-0.15, -0.1) is 11.8 Å². The summed E-state index contributed by atoms with van der Waals surface area (Å²) in [4.78, 5) is 66.2. The molecule has 1 aliphatic heterocycles. The van der Waals surface area contributed by atoms with Gasteiger partial charge < -0.3 is 14.5 Å². The van der Waals surface area contributed by atoms with Crippen molar-refractivity contribution in [2.24, 2.45) is 0 Å². The summed E-state index contributed by atoms with van der Waals surface area (Å²) in [7, 11) is -14.0. The fourth-order valence-electron chi connectivity index (χ4n) is 3.01. The lowest BCUT2D eigenvalue weighted by Gasteiger charge is -2.22. The van der Waals surface area contributed by atoms with Gasteiger partial charge in [0.1, 0.15) is 17.4 Å². The minimum atomic E-state index is -4.80. The van der Waals surface area contributed by atoms with E-state index >= 15 is 0 Å². The molecular weight excluding hydrogens is 654 g/mol. The number of rotatable bonds is 15. The van der Waals surface area contributed by atoms with Gasteiger partial charge in [-0.2, -0.15) is 8.42 Å². The van der Waals surface area contributed by atoms with Crippen molar-refractivity contribution in [3.8, 4) is 5.75 Å². The zero-order valence-electron chi connectivity index (χ0n) is 22.0. The van der Waals surface area contributed by atoms with Gasteiger partial charge in [-0.05, 0) is 32.9 Å². The number of amides is 2. The van der Waals surface area contributed by atoms with Crippen LogP contribution in [0.5, 0.6) is 5.75 Å². The summed E-state index contributed by atoms with van der Waals surface area (Å²) in [6.07, 6.45) is -0.437. The standard InChI is InChI=1S/C19H26N2O17P2S2/c1-19(2,3)38-40(29,30)35-7-6-34-39(27,28)36-11-41-15-9-16(22)20(18(15)24)10-17(23)37-14-5-4-12(42(31,32)33)8-13(14)21(25)26/h4-5,8,15H,6-7,9-11H2,1-3H3,(H,27,28)(H,29,30)(H,31,32,33). The van der Waals surface area contributed by atoms with Gasteiger partial charge in [0.15, 0.2) is 0 Å². The topological polar surface area (TPSA) is 273 Å². The van der Waals surface area contributed by atoms with E-state index in [4.69, 9.17) is 13.8 Å². The van der Waals surface area contributed by atoms with Gasteiger partial charge in [-0.1, -0.05) is 0 Å². The molecular formula is C19H26N2O17P2S2. The van der Waals surface area contributed by atoms with E-state index in [1.807, 2.05) is 0 Å². The average molecular weight is 680 g/mol. The molecule has 0 spiro atoms. The van der Waals surface area contributed by atoms with Gasteiger partial charge in [0.05, 0.1) is 29.0 Å². The third kappa shape index (κ3) is 11.4. The number of carbonyl (C=O) groups is 3. The van der Waals surface area contributed by atoms with Gasteiger partial charge >= 0.3 is 27.3 Å². The van der Waals surface area contributed by atoms with Crippen LogP contribution in [0.4, 0.5) is 5.69 Å². The summed E-state index contributed by atoms with van der Waals surface area (Å²) in [5, 5.41) is 10.1. The third-order valence-electron chi connectivity index (χ3n) is 4.60. The molecule has 0 aliphatic carbocycles. The molecule has 2 rings (SSSR count). The molecule has 3 N–H and O–H groups in total. The van der Waals surface area contributed by atoms with E-state index in [0.717, 1.165) is 12.1 Å². The Kier molecular flexibility index (Phi) is 12.0. The molecule has 23 heteroatoms. The van der Waals surface area contributed by atoms with Crippen LogP contribution in [0.15, 0.2) is 23.1 Å². The summed E-state index contributed by atoms with van der Waals surface area (Å²) >= 11 is 0.613. The molecule has 0 saturated carbocycles. The molecule has 2 amide bonds. The van der Waals surface area contributed by atoms with Crippen molar-refractivity contribution in [2.75, 3.05) is 25.7 Å². The number of imide groups is 1. The Labute approximate surface area is 242 Å². The van der Waals surface area contributed by atoms with E-state index in [0.29, 0.717) is 22.7 Å². The molecule has 0 radical (unpaired) electrons. The predicted octanol–water partition coefficient (Wildman–Crippen LogP) is 1.63. The quantitative estimate of drug-likeness (QED) is 0.0273. The molecule has 0 bridgehead atoms. The first-order valence-electron chi connectivity index (χ1n) is 11.3. The number of phosphoric acid groups is 2. The maximum absolute atomic E-state index is 12.6. The second-order valence-corrected chi connectivity index (χ2v) is 14.5. The molecule has 1 aliphatic rings. The van der Waals surface area contributed by atoms with Crippen molar-refractivity contribution in [2.45, 2.75) is 42.9 Å². The number of nitro groups is 1. The van der Waals surface area contributed by atoms with Crippen LogP contribution in [-0.4, -0.2) is 86.9 Å². The van der Waals surface area contributed by atoms with Crippen molar-refractivity contribution in [3.63, 3.8) is 0 Å². The van der Waals surface area contributed by atoms with Crippen molar-refractivity contribution in [1.29, 1.82) is 0 Å². The Morgan fingerprint density at radius 2 is 1.74 bits per heavy atom. The molecule has 1 aromatic carbocycles. The van der Waals surface area contributed by atoms with Crippen molar-refractivity contribution in [3.05, 3.63) is 28.3 Å². The number of hydrogen-bond donors (Lipinski definition) is 3. The number of hydrogen-bond acceptors (Lipinski definition) is 15. The largest absolute Gasteiger partial charge is 0.473 e. The number of ether oxygens (including phenoxy) is 1. The molecule has 3 atom stereocenters. The maximum atomic E-state index is 12.6. The van der Waals surface area contributed by atoms with E-state index in [-0.39, 0.29) is 0 Å². The average Bonchev–Trinajstić information content (AvgIpc) is 3.07. The minimum Gasteiger partial charge on any atom is -0.418 e. The minimum absolute atomic E-state index is 0.437. The zero-order valence-corrected chi connectivity index (χ0v) is 25.4. The Morgan fingerprint density at radius 3 is 2.29 bits per heavy atom. The second-order valence-electron chi connectivity index (χ2n) is 9.07. The van der Waals surface area contributed by atoms with Crippen LogP contribution in [0.2, 0.25) is 0 Å². The Hall–Kier alpha value is -2.29. The number of carbonyl (C=O) groups excluding carboxylic acids is 3. The van der Waals surface area contributed by atoms with Crippen LogP contribution in [0.3, 0.4) is 0 Å². The first-order valence-corrected chi connectivity index (χ1v) is 16.8. The van der Waals surface area contributed by atoms with Crippen LogP contribution in [-0.2, 0) is 51.7 Å². The Bertz CT molecular complexity index is 1430. The summed E-state index contributed by atoms with van der Waals surface area (Å²) in [5.74, 6) is -4.38. The van der Waals surface area contributed by atoms with Crippen LogP contribution >= 0.6 is 27.4 Å². The lowest BCUT2D eigenvalue weighted by molar-refractivity contribution is -0.385. The molecule has 42 heavy (non-hydrogen) atoms. The Morgan fingerprint density at radius 1 is 1.14 bits per heavy atom. The van der Waals surface area contributed by atoms with Crippen molar-refractivity contribution in [1.82, 2.24) is 4.90 Å². The monoisotopic (exact) mass is 680 g/mol. The zero-order chi connectivity index (χ0) is 32.1. The van der Waals surface area contributed by atoms with E-state index in [1.54, 1.807) is 0 Å². The van der Waals surface area contributed by atoms with Crippen molar-refractivity contribution >= 4 is 61.0 Å². The first kappa shape index (κ1) is 35.9. The smallest absolute Gasteiger partial charge is 0.418 e. The molecule has 3 unspecified atom stereocenters. The van der Waals surface area contributed by atoms with Crippen LogP contribution in [0.25, 0.3) is 0 Å². The number of esters is 1. The summed E-state index contributed by atoms with van der Waals surface area (Å²) in [5.41, 5.74) is -2.00. The fourth-order valence-corrected chi connectivity index (χ4v) is 6.42. The van der Waals surface area contributed by atoms with Crippen molar-refractivity contribution < 1.29 is 74.0 Å². The van der Waals surface area contributed by atoms with Gasteiger partial charge in [-0.25, -0.2) is 13.9 Å². The van der Waals surface area contributed by atoms with Gasteiger partial charge in [0, 0.05) is 12.5 Å². The fraction of sp³-hybridized carbons (Fsp3) is 0.526. The predicted molar refractivity (Wildman–Crippen MR) is 140 cm³/mol. The molecule has 1 saturated heterocycles. The summed E-state index contributed by atoms with van der Waals surface area (Å²) in [6.45, 7) is 2.27. The highest BCUT2D eigenvalue weighted by atomic mass is 32.2. The normalized spacial score (nSPS) is 18.9. The number of likely N-dealkylation sites (tertiary alicyclic amines) is 1. The van der Waals surface area contributed by atoms with Crippen LogP contribution in [0.1, 0.15) is 27.2 Å². The second kappa shape index (κ2) is 14.0. The van der Waals surface area contributed by atoms with Gasteiger partial charge in [0.2, 0.25) is 17.6 Å². The molecule has 19 nitrogen and oxygen atoms in total. The van der Waals surface area contributed by atoms with E-state index in [2.05, 4.69) is 13.6 Å². The molecule has 0 aromatic heterocycles. The van der Waals surface area contributed by atoms with E-state index in [9.17, 15) is 51.8 Å². The summed E-state index contributed by atoms with van der Waals surface area (Å²) in [6, 6.07) is 1.90.